The molecule has 0 radical (unpaired) electrons. The van der Waals surface area contributed by atoms with E-state index >= 15 is 0 Å². The quantitative estimate of drug-likeness (QED) is 0.878. The third-order valence-corrected chi connectivity index (χ3v) is 5.08. The molecule has 1 aromatic carbocycles. The lowest BCUT2D eigenvalue weighted by Crippen LogP contribution is -2.48. The highest BCUT2D eigenvalue weighted by Gasteiger charge is 2.36. The van der Waals surface area contributed by atoms with E-state index in [0.717, 1.165) is 44.3 Å². The maximum absolute atomic E-state index is 12.3. The van der Waals surface area contributed by atoms with Gasteiger partial charge in [0.25, 0.3) is 0 Å². The van der Waals surface area contributed by atoms with E-state index in [0.29, 0.717) is 0 Å². The standard InChI is InChI=1S/C18H27N3O/c19-18(10-1-2-11-18)17(22)20-16-7-5-15(6-8-16)9-14-21-12-3-4-13-21/h5-8H,1-4,9-14,19H2,(H,20,22). The predicted molar refractivity (Wildman–Crippen MR) is 89.8 cm³/mol. The van der Waals surface area contributed by atoms with Crippen molar-refractivity contribution in [2.45, 2.75) is 50.5 Å². The van der Waals surface area contributed by atoms with E-state index in [9.17, 15) is 4.79 Å². The average molecular weight is 301 g/mol. The molecule has 1 saturated heterocycles. The van der Waals surface area contributed by atoms with E-state index in [1.54, 1.807) is 0 Å². The number of carbonyl (C=O) groups is 1. The van der Waals surface area contributed by atoms with Gasteiger partial charge in [-0.2, -0.15) is 0 Å². The first kappa shape index (κ1) is 15.5. The number of likely N-dealkylation sites (tertiary alicyclic amines) is 1. The minimum atomic E-state index is -0.658. The van der Waals surface area contributed by atoms with Gasteiger partial charge in [-0.1, -0.05) is 25.0 Å². The van der Waals surface area contributed by atoms with Gasteiger partial charge in [0, 0.05) is 12.2 Å². The molecule has 3 rings (SSSR count). The molecule has 0 spiro atoms. The number of hydrogen-bond acceptors (Lipinski definition) is 3. The zero-order valence-electron chi connectivity index (χ0n) is 13.3. The minimum absolute atomic E-state index is 0.0326. The van der Waals surface area contributed by atoms with Crippen molar-refractivity contribution < 1.29 is 4.79 Å². The number of nitrogens with one attached hydrogen (secondary N) is 1. The lowest BCUT2D eigenvalue weighted by Gasteiger charge is -2.22. The fraction of sp³-hybridized carbons (Fsp3) is 0.611. The molecule has 0 atom stereocenters. The predicted octanol–water partition coefficient (Wildman–Crippen LogP) is 2.53. The maximum Gasteiger partial charge on any atom is 0.244 e. The van der Waals surface area contributed by atoms with Crippen molar-refractivity contribution in [3.8, 4) is 0 Å². The van der Waals surface area contributed by atoms with Crippen molar-refractivity contribution in [3.05, 3.63) is 29.8 Å². The zero-order valence-corrected chi connectivity index (χ0v) is 13.3. The summed E-state index contributed by atoms with van der Waals surface area (Å²) in [6.45, 7) is 3.62. The highest BCUT2D eigenvalue weighted by atomic mass is 16.2. The Labute approximate surface area is 133 Å². The van der Waals surface area contributed by atoms with Crippen LogP contribution in [0.4, 0.5) is 5.69 Å². The fourth-order valence-electron chi connectivity index (χ4n) is 3.54. The van der Waals surface area contributed by atoms with E-state index in [1.165, 1.54) is 31.5 Å². The van der Waals surface area contributed by atoms with E-state index in [4.69, 9.17) is 5.73 Å². The summed E-state index contributed by atoms with van der Waals surface area (Å²) in [6, 6.07) is 8.22. The van der Waals surface area contributed by atoms with Crippen LogP contribution < -0.4 is 11.1 Å². The number of hydrogen-bond donors (Lipinski definition) is 2. The zero-order chi connectivity index (χ0) is 15.4. The van der Waals surface area contributed by atoms with Gasteiger partial charge in [-0.15, -0.1) is 0 Å². The Morgan fingerprint density at radius 3 is 2.36 bits per heavy atom. The molecule has 0 unspecified atom stereocenters. The topological polar surface area (TPSA) is 58.4 Å². The third kappa shape index (κ3) is 3.68. The number of rotatable bonds is 5. The highest BCUT2D eigenvalue weighted by molar-refractivity contribution is 5.98. The number of benzene rings is 1. The normalized spacial score (nSPS) is 21.1. The van der Waals surface area contributed by atoms with E-state index in [1.807, 2.05) is 12.1 Å². The second-order valence-electron chi connectivity index (χ2n) is 6.81. The molecule has 1 aromatic rings. The van der Waals surface area contributed by atoms with Gasteiger partial charge in [-0.25, -0.2) is 0 Å². The second-order valence-corrected chi connectivity index (χ2v) is 6.81. The van der Waals surface area contributed by atoms with Crippen LogP contribution in [0.15, 0.2) is 24.3 Å². The lowest BCUT2D eigenvalue weighted by molar-refractivity contribution is -0.121. The molecule has 1 amide bonds. The van der Waals surface area contributed by atoms with Crippen LogP contribution >= 0.6 is 0 Å². The molecular weight excluding hydrogens is 274 g/mol. The first-order chi connectivity index (χ1) is 10.7. The van der Waals surface area contributed by atoms with Crippen LogP contribution in [-0.4, -0.2) is 36.0 Å². The smallest absolute Gasteiger partial charge is 0.244 e. The fourth-order valence-corrected chi connectivity index (χ4v) is 3.54. The third-order valence-electron chi connectivity index (χ3n) is 5.08. The van der Waals surface area contributed by atoms with Crippen LogP contribution in [0.25, 0.3) is 0 Å². The number of anilines is 1. The molecule has 0 bridgehead atoms. The summed E-state index contributed by atoms with van der Waals surface area (Å²) in [7, 11) is 0. The SMILES string of the molecule is NC1(C(=O)Nc2ccc(CCN3CCCC3)cc2)CCCC1. The van der Waals surface area contributed by atoms with Gasteiger partial charge in [0.1, 0.15) is 0 Å². The largest absolute Gasteiger partial charge is 0.324 e. The average Bonchev–Trinajstić information content (AvgIpc) is 3.19. The van der Waals surface area contributed by atoms with Crippen LogP contribution in [0.2, 0.25) is 0 Å². The Morgan fingerprint density at radius 2 is 1.73 bits per heavy atom. The number of amides is 1. The van der Waals surface area contributed by atoms with Gasteiger partial charge in [0.15, 0.2) is 0 Å². The van der Waals surface area contributed by atoms with E-state index < -0.39 is 5.54 Å². The summed E-state index contributed by atoms with van der Waals surface area (Å²) >= 11 is 0. The van der Waals surface area contributed by atoms with Crippen LogP contribution in [0.3, 0.4) is 0 Å². The summed E-state index contributed by atoms with van der Waals surface area (Å²) in [4.78, 5) is 14.8. The summed E-state index contributed by atoms with van der Waals surface area (Å²) < 4.78 is 0. The van der Waals surface area contributed by atoms with Gasteiger partial charge in [-0.05, 0) is 62.9 Å². The molecular formula is C18H27N3O. The van der Waals surface area contributed by atoms with Gasteiger partial charge in [0.05, 0.1) is 5.54 Å². The van der Waals surface area contributed by atoms with E-state index in [-0.39, 0.29) is 5.91 Å². The monoisotopic (exact) mass is 301 g/mol. The summed E-state index contributed by atoms with van der Waals surface area (Å²) in [5, 5.41) is 2.97. The Kier molecular flexibility index (Phi) is 4.79. The molecule has 1 aliphatic carbocycles. The Hall–Kier alpha value is -1.39. The molecule has 3 N–H and O–H groups in total. The first-order valence-corrected chi connectivity index (χ1v) is 8.57. The van der Waals surface area contributed by atoms with Crippen molar-refractivity contribution >= 4 is 11.6 Å². The highest BCUT2D eigenvalue weighted by Crippen LogP contribution is 2.28. The second kappa shape index (κ2) is 6.80. The van der Waals surface area contributed by atoms with Crippen LogP contribution in [0.5, 0.6) is 0 Å². The van der Waals surface area contributed by atoms with Gasteiger partial charge < -0.3 is 16.0 Å². The minimum Gasteiger partial charge on any atom is -0.324 e. The molecule has 4 nitrogen and oxygen atoms in total. The molecule has 1 saturated carbocycles. The van der Waals surface area contributed by atoms with Crippen molar-refractivity contribution in [2.75, 3.05) is 25.0 Å². The number of nitrogens with zero attached hydrogens (tertiary/aromatic N) is 1. The van der Waals surface area contributed by atoms with Gasteiger partial charge in [0.2, 0.25) is 5.91 Å². The Balaban J connectivity index is 1.51. The van der Waals surface area contributed by atoms with Crippen molar-refractivity contribution in [1.82, 2.24) is 4.90 Å². The maximum atomic E-state index is 12.3. The van der Waals surface area contributed by atoms with Crippen LogP contribution in [-0.2, 0) is 11.2 Å². The molecule has 22 heavy (non-hydrogen) atoms. The van der Waals surface area contributed by atoms with Gasteiger partial charge in [-0.3, -0.25) is 4.79 Å². The number of carbonyl (C=O) groups excluding carboxylic acids is 1. The lowest BCUT2D eigenvalue weighted by atomic mass is 9.98. The Bertz CT molecular complexity index is 500. The molecule has 0 aromatic heterocycles. The molecule has 120 valence electrons. The van der Waals surface area contributed by atoms with Crippen LogP contribution in [0.1, 0.15) is 44.1 Å². The van der Waals surface area contributed by atoms with Crippen molar-refractivity contribution in [2.24, 2.45) is 5.73 Å². The molecule has 2 fully saturated rings. The van der Waals surface area contributed by atoms with Crippen molar-refractivity contribution in [3.63, 3.8) is 0 Å². The van der Waals surface area contributed by atoms with Crippen LogP contribution in [0, 0.1) is 0 Å². The Morgan fingerprint density at radius 1 is 1.09 bits per heavy atom. The van der Waals surface area contributed by atoms with Gasteiger partial charge >= 0.3 is 0 Å². The number of nitrogens with two attached hydrogens (primary N) is 1. The summed E-state index contributed by atoms with van der Waals surface area (Å²) in [5.41, 5.74) is 7.70. The first-order valence-electron chi connectivity index (χ1n) is 8.57. The van der Waals surface area contributed by atoms with Crippen molar-refractivity contribution in [1.29, 1.82) is 0 Å². The molecule has 1 aliphatic heterocycles. The molecule has 2 aliphatic rings. The molecule has 4 heteroatoms. The molecule has 1 heterocycles. The van der Waals surface area contributed by atoms with E-state index in [2.05, 4.69) is 22.3 Å². The summed E-state index contributed by atoms with van der Waals surface area (Å²) in [5.74, 6) is -0.0326. The summed E-state index contributed by atoms with van der Waals surface area (Å²) in [6.07, 6.45) is 7.46.